The van der Waals surface area contributed by atoms with E-state index >= 15 is 0 Å². The maximum absolute atomic E-state index is 6.58. The van der Waals surface area contributed by atoms with E-state index in [1.807, 2.05) is 18.2 Å². The van der Waals surface area contributed by atoms with E-state index in [1.54, 1.807) is 0 Å². The van der Waals surface area contributed by atoms with Crippen molar-refractivity contribution in [1.29, 1.82) is 0 Å². The summed E-state index contributed by atoms with van der Waals surface area (Å²) in [6.07, 6.45) is 3.37. The minimum Gasteiger partial charge on any atom is -0.321 e. The molecule has 1 fully saturated rings. The Kier molecular flexibility index (Phi) is 3.27. The van der Waals surface area contributed by atoms with Crippen LogP contribution in [0.5, 0.6) is 0 Å². The van der Waals surface area contributed by atoms with E-state index in [-0.39, 0.29) is 5.54 Å². The van der Waals surface area contributed by atoms with Gasteiger partial charge in [-0.3, -0.25) is 0 Å². The lowest BCUT2D eigenvalue weighted by Gasteiger charge is -2.41. The molecule has 0 aliphatic heterocycles. The molecule has 0 aromatic heterocycles. The summed E-state index contributed by atoms with van der Waals surface area (Å²) in [6.45, 7) is 4.57. The van der Waals surface area contributed by atoms with Gasteiger partial charge in [-0.2, -0.15) is 0 Å². The van der Waals surface area contributed by atoms with Crippen molar-refractivity contribution in [2.45, 2.75) is 38.6 Å². The van der Waals surface area contributed by atoms with E-state index in [9.17, 15) is 0 Å². The van der Waals surface area contributed by atoms with Crippen LogP contribution in [0.2, 0.25) is 5.02 Å². The predicted molar refractivity (Wildman–Crippen MR) is 69.5 cm³/mol. The Morgan fingerprint density at radius 3 is 2.31 bits per heavy atom. The second kappa shape index (κ2) is 4.38. The standard InChI is InChI=1S/C14H20ClN/c1-10-7-11(2)9-14(16,8-10)12-5-3-4-6-13(12)15/h3-6,10-11H,7-9,16H2,1-2H3. The molecule has 1 aliphatic rings. The van der Waals surface area contributed by atoms with Crippen LogP contribution in [-0.4, -0.2) is 0 Å². The van der Waals surface area contributed by atoms with E-state index in [4.69, 9.17) is 17.3 Å². The minimum absolute atomic E-state index is 0.227. The molecule has 1 aromatic carbocycles. The van der Waals surface area contributed by atoms with Crippen molar-refractivity contribution in [2.75, 3.05) is 0 Å². The van der Waals surface area contributed by atoms with E-state index in [1.165, 1.54) is 6.42 Å². The van der Waals surface area contributed by atoms with E-state index in [0.717, 1.165) is 23.4 Å². The van der Waals surface area contributed by atoms with Crippen LogP contribution in [0.3, 0.4) is 0 Å². The summed E-state index contributed by atoms with van der Waals surface area (Å²) in [4.78, 5) is 0. The van der Waals surface area contributed by atoms with Crippen molar-refractivity contribution in [1.82, 2.24) is 0 Å². The van der Waals surface area contributed by atoms with Crippen LogP contribution in [0.25, 0.3) is 0 Å². The minimum atomic E-state index is -0.227. The van der Waals surface area contributed by atoms with Gasteiger partial charge in [-0.15, -0.1) is 0 Å². The fraction of sp³-hybridized carbons (Fsp3) is 0.571. The third-order valence-electron chi connectivity index (χ3n) is 3.64. The summed E-state index contributed by atoms with van der Waals surface area (Å²) in [5.74, 6) is 1.37. The average molecular weight is 238 g/mol. The number of benzene rings is 1. The van der Waals surface area contributed by atoms with Gasteiger partial charge in [0.25, 0.3) is 0 Å². The first-order valence-corrected chi connectivity index (χ1v) is 6.43. The highest BCUT2D eigenvalue weighted by molar-refractivity contribution is 6.31. The molecule has 2 heteroatoms. The van der Waals surface area contributed by atoms with Gasteiger partial charge in [-0.1, -0.05) is 43.6 Å². The summed E-state index contributed by atoms with van der Waals surface area (Å²) in [5.41, 5.74) is 7.47. The third-order valence-corrected chi connectivity index (χ3v) is 3.97. The van der Waals surface area contributed by atoms with Crippen LogP contribution < -0.4 is 5.73 Å². The lowest BCUT2D eigenvalue weighted by atomic mass is 9.69. The van der Waals surface area contributed by atoms with E-state index in [0.29, 0.717) is 11.8 Å². The molecule has 16 heavy (non-hydrogen) atoms. The Hall–Kier alpha value is -0.530. The third kappa shape index (κ3) is 2.26. The molecule has 0 spiro atoms. The molecule has 2 rings (SSSR count). The molecule has 0 saturated heterocycles. The molecule has 0 amide bonds. The van der Waals surface area contributed by atoms with Crippen LogP contribution in [0.1, 0.15) is 38.7 Å². The largest absolute Gasteiger partial charge is 0.321 e. The van der Waals surface area contributed by atoms with Gasteiger partial charge < -0.3 is 5.73 Å². The molecule has 1 saturated carbocycles. The summed E-state index contributed by atoms with van der Waals surface area (Å²) in [5, 5.41) is 0.811. The van der Waals surface area contributed by atoms with E-state index < -0.39 is 0 Å². The maximum atomic E-state index is 6.58. The zero-order chi connectivity index (χ0) is 11.8. The lowest BCUT2D eigenvalue weighted by molar-refractivity contribution is 0.184. The molecule has 1 aliphatic carbocycles. The van der Waals surface area contributed by atoms with Gasteiger partial charge in [-0.25, -0.2) is 0 Å². The first-order valence-electron chi connectivity index (χ1n) is 6.05. The van der Waals surface area contributed by atoms with Gasteiger partial charge in [0.15, 0.2) is 0 Å². The molecule has 1 nitrogen and oxygen atoms in total. The van der Waals surface area contributed by atoms with Gasteiger partial charge in [0, 0.05) is 10.6 Å². The topological polar surface area (TPSA) is 26.0 Å². The van der Waals surface area contributed by atoms with Crippen LogP contribution in [0.15, 0.2) is 24.3 Å². The normalized spacial score (nSPS) is 35.0. The maximum Gasteiger partial charge on any atom is 0.0456 e. The zero-order valence-corrected chi connectivity index (χ0v) is 10.8. The Labute approximate surface area is 103 Å². The molecule has 2 N–H and O–H groups in total. The zero-order valence-electron chi connectivity index (χ0n) is 10.0. The second-order valence-electron chi connectivity index (χ2n) is 5.49. The second-order valence-corrected chi connectivity index (χ2v) is 5.90. The number of rotatable bonds is 1. The van der Waals surface area contributed by atoms with Crippen LogP contribution in [0.4, 0.5) is 0 Å². The van der Waals surface area contributed by atoms with Gasteiger partial charge in [0.2, 0.25) is 0 Å². The Morgan fingerprint density at radius 2 is 1.75 bits per heavy atom. The van der Waals surface area contributed by atoms with Crippen molar-refractivity contribution < 1.29 is 0 Å². The summed E-state index contributed by atoms with van der Waals surface area (Å²) in [6, 6.07) is 8.01. The fourth-order valence-corrected chi connectivity index (χ4v) is 3.59. The molecule has 1 aromatic rings. The van der Waals surface area contributed by atoms with Gasteiger partial charge in [0.1, 0.15) is 0 Å². The number of nitrogens with two attached hydrogens (primary N) is 1. The SMILES string of the molecule is CC1CC(C)CC(N)(c2ccccc2Cl)C1. The first-order chi connectivity index (χ1) is 7.51. The summed E-state index contributed by atoms with van der Waals surface area (Å²) >= 11 is 6.26. The highest BCUT2D eigenvalue weighted by Gasteiger charge is 2.36. The van der Waals surface area contributed by atoms with Crippen molar-refractivity contribution in [3.63, 3.8) is 0 Å². The molecule has 0 radical (unpaired) electrons. The van der Waals surface area contributed by atoms with Gasteiger partial charge in [0.05, 0.1) is 0 Å². The Bertz CT molecular complexity index is 365. The molecular weight excluding hydrogens is 218 g/mol. The number of hydrogen-bond acceptors (Lipinski definition) is 1. The Morgan fingerprint density at radius 1 is 1.19 bits per heavy atom. The summed E-state index contributed by atoms with van der Waals surface area (Å²) in [7, 11) is 0. The van der Waals surface area contributed by atoms with Crippen molar-refractivity contribution in [3.8, 4) is 0 Å². The number of hydrogen-bond donors (Lipinski definition) is 1. The van der Waals surface area contributed by atoms with Crippen LogP contribution in [0, 0.1) is 11.8 Å². The van der Waals surface area contributed by atoms with Crippen molar-refractivity contribution in [3.05, 3.63) is 34.9 Å². The fourth-order valence-electron chi connectivity index (χ4n) is 3.27. The highest BCUT2D eigenvalue weighted by atomic mass is 35.5. The molecule has 2 atom stereocenters. The van der Waals surface area contributed by atoms with E-state index in [2.05, 4.69) is 19.9 Å². The highest BCUT2D eigenvalue weighted by Crippen LogP contribution is 2.42. The predicted octanol–water partition coefficient (Wildman–Crippen LogP) is 3.95. The monoisotopic (exact) mass is 237 g/mol. The van der Waals surface area contributed by atoms with Gasteiger partial charge >= 0.3 is 0 Å². The smallest absolute Gasteiger partial charge is 0.0456 e. The number of halogens is 1. The van der Waals surface area contributed by atoms with Crippen LogP contribution in [-0.2, 0) is 5.54 Å². The summed E-state index contributed by atoms with van der Waals surface area (Å²) < 4.78 is 0. The molecular formula is C14H20ClN. The Balaban J connectivity index is 2.34. The van der Waals surface area contributed by atoms with Gasteiger partial charge in [-0.05, 0) is 42.7 Å². The molecule has 0 bridgehead atoms. The lowest BCUT2D eigenvalue weighted by Crippen LogP contribution is -2.43. The average Bonchev–Trinajstić information content (AvgIpc) is 2.15. The van der Waals surface area contributed by atoms with Crippen molar-refractivity contribution in [2.24, 2.45) is 17.6 Å². The molecule has 0 heterocycles. The van der Waals surface area contributed by atoms with Crippen LogP contribution >= 0.6 is 11.6 Å². The quantitative estimate of drug-likeness (QED) is 0.787. The molecule has 2 unspecified atom stereocenters. The van der Waals surface area contributed by atoms with Crippen molar-refractivity contribution >= 4 is 11.6 Å². The molecule has 88 valence electrons. The first kappa shape index (κ1) is 11.9.